The van der Waals surface area contributed by atoms with E-state index in [4.69, 9.17) is 9.15 Å². The van der Waals surface area contributed by atoms with Crippen LogP contribution in [0.1, 0.15) is 28.7 Å². The van der Waals surface area contributed by atoms with Gasteiger partial charge in [0.1, 0.15) is 11.5 Å². The summed E-state index contributed by atoms with van der Waals surface area (Å²) >= 11 is 0. The lowest BCUT2D eigenvalue weighted by molar-refractivity contribution is 0.101. The molecule has 21 heavy (non-hydrogen) atoms. The van der Waals surface area contributed by atoms with E-state index in [0.717, 1.165) is 33.7 Å². The van der Waals surface area contributed by atoms with Crippen molar-refractivity contribution in [1.82, 2.24) is 4.57 Å². The molecule has 0 aliphatic rings. The second-order valence-corrected chi connectivity index (χ2v) is 5.07. The van der Waals surface area contributed by atoms with Crippen molar-refractivity contribution in [3.05, 3.63) is 53.6 Å². The summed E-state index contributed by atoms with van der Waals surface area (Å²) in [4.78, 5) is 12.0. The highest BCUT2D eigenvalue weighted by Gasteiger charge is 2.18. The van der Waals surface area contributed by atoms with Crippen LogP contribution in [0.15, 0.2) is 41.0 Å². The molecule has 0 unspecified atom stereocenters. The number of ether oxygens (including phenoxy) is 1. The van der Waals surface area contributed by atoms with E-state index in [0.29, 0.717) is 6.54 Å². The molecule has 0 amide bonds. The zero-order valence-electron chi connectivity index (χ0n) is 12.3. The molecule has 0 bridgehead atoms. The zero-order chi connectivity index (χ0) is 15.0. The number of hydrogen-bond acceptors (Lipinski definition) is 3. The number of furan rings is 1. The number of hydrogen-bond donors (Lipinski definition) is 0. The molecule has 0 aliphatic carbocycles. The van der Waals surface area contributed by atoms with Crippen molar-refractivity contribution >= 4 is 16.7 Å². The highest BCUT2D eigenvalue weighted by atomic mass is 16.5. The molecule has 0 atom stereocenters. The van der Waals surface area contributed by atoms with E-state index in [1.54, 1.807) is 20.3 Å². The number of methoxy groups -OCH3 is 1. The van der Waals surface area contributed by atoms with E-state index in [9.17, 15) is 4.79 Å². The van der Waals surface area contributed by atoms with Crippen LogP contribution in [0.2, 0.25) is 0 Å². The Hall–Kier alpha value is -2.49. The minimum atomic E-state index is 0.0592. The van der Waals surface area contributed by atoms with E-state index < -0.39 is 0 Å². The maximum absolute atomic E-state index is 12.0. The average molecular weight is 283 g/mol. The van der Waals surface area contributed by atoms with Gasteiger partial charge in [0.15, 0.2) is 5.78 Å². The minimum Gasteiger partial charge on any atom is -0.497 e. The molecule has 0 spiro atoms. The van der Waals surface area contributed by atoms with Crippen molar-refractivity contribution in [2.75, 3.05) is 7.11 Å². The SMILES string of the molecule is COc1ccc2c(c1)c(C(C)=O)c(C)n2Cc1ccco1. The molecule has 1 aromatic carbocycles. The Balaban J connectivity index is 2.24. The van der Waals surface area contributed by atoms with Crippen molar-refractivity contribution in [2.45, 2.75) is 20.4 Å². The fourth-order valence-corrected chi connectivity index (χ4v) is 2.79. The lowest BCUT2D eigenvalue weighted by Gasteiger charge is -2.06. The van der Waals surface area contributed by atoms with E-state index in [1.807, 2.05) is 37.3 Å². The van der Waals surface area contributed by atoms with Crippen LogP contribution in [0.5, 0.6) is 5.75 Å². The number of ketones is 1. The molecule has 4 heteroatoms. The van der Waals surface area contributed by atoms with E-state index in [2.05, 4.69) is 4.57 Å². The van der Waals surface area contributed by atoms with Crippen LogP contribution >= 0.6 is 0 Å². The molecule has 0 radical (unpaired) electrons. The second-order valence-electron chi connectivity index (χ2n) is 5.07. The summed E-state index contributed by atoms with van der Waals surface area (Å²) < 4.78 is 12.8. The molecule has 0 aliphatic heterocycles. The van der Waals surface area contributed by atoms with Crippen LogP contribution in [0.4, 0.5) is 0 Å². The predicted molar refractivity (Wildman–Crippen MR) is 81.0 cm³/mol. The standard InChI is InChI=1S/C17H17NO3/c1-11-17(12(2)19)15-9-13(20-3)6-7-16(15)18(11)10-14-5-4-8-21-14/h4-9H,10H2,1-3H3. The molecule has 3 aromatic rings. The number of benzene rings is 1. The minimum absolute atomic E-state index is 0.0592. The van der Waals surface area contributed by atoms with Gasteiger partial charge < -0.3 is 13.7 Å². The maximum atomic E-state index is 12.0. The number of carbonyl (C=O) groups excluding carboxylic acids is 1. The molecule has 4 nitrogen and oxygen atoms in total. The number of Topliss-reactive ketones (excluding diaryl/α,β-unsaturated/α-hetero) is 1. The van der Waals surface area contributed by atoms with Crippen LogP contribution < -0.4 is 4.74 Å². The van der Waals surface area contributed by atoms with Gasteiger partial charge in [0.05, 0.1) is 19.9 Å². The van der Waals surface area contributed by atoms with Gasteiger partial charge in [0.2, 0.25) is 0 Å². The Morgan fingerprint density at radius 3 is 2.76 bits per heavy atom. The summed E-state index contributed by atoms with van der Waals surface area (Å²) in [7, 11) is 1.63. The molecule has 0 saturated heterocycles. The van der Waals surface area contributed by atoms with E-state index in [-0.39, 0.29) is 5.78 Å². The monoisotopic (exact) mass is 283 g/mol. The van der Waals surface area contributed by atoms with Crippen molar-refractivity contribution in [2.24, 2.45) is 0 Å². The summed E-state index contributed by atoms with van der Waals surface area (Å²) in [6.07, 6.45) is 1.66. The molecular formula is C17H17NO3. The van der Waals surface area contributed by atoms with Gasteiger partial charge in [-0.3, -0.25) is 4.79 Å². The molecule has 3 rings (SSSR count). The van der Waals surface area contributed by atoms with Gasteiger partial charge in [-0.2, -0.15) is 0 Å². The summed E-state index contributed by atoms with van der Waals surface area (Å²) in [5, 5.41) is 0.922. The van der Waals surface area contributed by atoms with Gasteiger partial charge in [-0.1, -0.05) is 0 Å². The fourth-order valence-electron chi connectivity index (χ4n) is 2.79. The van der Waals surface area contributed by atoms with Crippen molar-refractivity contribution in [3.8, 4) is 5.75 Å². The number of aromatic nitrogens is 1. The van der Waals surface area contributed by atoms with Gasteiger partial charge in [0.25, 0.3) is 0 Å². The van der Waals surface area contributed by atoms with Crippen LogP contribution in [0, 0.1) is 6.92 Å². The van der Waals surface area contributed by atoms with Crippen LogP contribution in [-0.4, -0.2) is 17.5 Å². The molecule has 0 N–H and O–H groups in total. The summed E-state index contributed by atoms with van der Waals surface area (Å²) in [6, 6.07) is 9.60. The van der Waals surface area contributed by atoms with Crippen LogP contribution in [0.3, 0.4) is 0 Å². The predicted octanol–water partition coefficient (Wildman–Crippen LogP) is 3.80. The highest BCUT2D eigenvalue weighted by molar-refractivity contribution is 6.08. The third-order valence-corrected chi connectivity index (χ3v) is 3.78. The van der Waals surface area contributed by atoms with E-state index in [1.165, 1.54) is 0 Å². The molecule has 0 fully saturated rings. The summed E-state index contributed by atoms with van der Waals surface area (Å²) in [6.45, 7) is 4.17. The molecule has 2 heterocycles. The average Bonchev–Trinajstić information content (AvgIpc) is 3.06. The topological polar surface area (TPSA) is 44.4 Å². The molecule has 108 valence electrons. The summed E-state index contributed by atoms with van der Waals surface area (Å²) in [5.74, 6) is 1.67. The van der Waals surface area contributed by atoms with Crippen LogP contribution in [-0.2, 0) is 6.54 Å². The second kappa shape index (κ2) is 5.13. The number of carbonyl (C=O) groups is 1. The van der Waals surface area contributed by atoms with Gasteiger partial charge in [-0.25, -0.2) is 0 Å². The zero-order valence-corrected chi connectivity index (χ0v) is 12.3. The van der Waals surface area contributed by atoms with Crippen molar-refractivity contribution in [1.29, 1.82) is 0 Å². The van der Waals surface area contributed by atoms with Gasteiger partial charge in [-0.15, -0.1) is 0 Å². The number of fused-ring (bicyclic) bond motifs is 1. The fraction of sp³-hybridized carbons (Fsp3) is 0.235. The third kappa shape index (κ3) is 2.23. The van der Waals surface area contributed by atoms with E-state index >= 15 is 0 Å². The molecule has 2 aromatic heterocycles. The largest absolute Gasteiger partial charge is 0.497 e. The van der Waals surface area contributed by atoms with Gasteiger partial charge in [0, 0.05) is 22.2 Å². The Labute approximate surface area is 122 Å². The lowest BCUT2D eigenvalue weighted by Crippen LogP contribution is -2.02. The molecule has 0 saturated carbocycles. The smallest absolute Gasteiger partial charge is 0.162 e. The molecular weight excluding hydrogens is 266 g/mol. The Kier molecular flexibility index (Phi) is 3.29. The highest BCUT2D eigenvalue weighted by Crippen LogP contribution is 2.30. The van der Waals surface area contributed by atoms with Gasteiger partial charge >= 0.3 is 0 Å². The maximum Gasteiger partial charge on any atom is 0.162 e. The number of rotatable bonds is 4. The Bertz CT molecular complexity index is 797. The lowest BCUT2D eigenvalue weighted by atomic mass is 10.1. The Morgan fingerprint density at radius 1 is 1.33 bits per heavy atom. The van der Waals surface area contributed by atoms with Crippen molar-refractivity contribution in [3.63, 3.8) is 0 Å². The van der Waals surface area contributed by atoms with Crippen molar-refractivity contribution < 1.29 is 13.9 Å². The number of nitrogens with zero attached hydrogens (tertiary/aromatic N) is 1. The third-order valence-electron chi connectivity index (χ3n) is 3.78. The quantitative estimate of drug-likeness (QED) is 0.684. The van der Waals surface area contributed by atoms with Crippen LogP contribution in [0.25, 0.3) is 10.9 Å². The Morgan fingerprint density at radius 2 is 2.14 bits per heavy atom. The first-order valence-corrected chi connectivity index (χ1v) is 6.82. The first kappa shape index (κ1) is 13.5. The van der Waals surface area contributed by atoms with Gasteiger partial charge in [-0.05, 0) is 44.2 Å². The summed E-state index contributed by atoms with van der Waals surface area (Å²) in [5.41, 5.74) is 2.70. The normalized spacial score (nSPS) is 11.0. The first-order chi connectivity index (χ1) is 10.1. The first-order valence-electron chi connectivity index (χ1n) is 6.82.